The van der Waals surface area contributed by atoms with Gasteiger partial charge in [-0.05, 0) is 12.8 Å². The Bertz CT molecular complexity index is 843. The molecule has 1 aliphatic heterocycles. The number of amides is 2. The van der Waals surface area contributed by atoms with E-state index in [1.165, 1.54) is 4.90 Å². The molecule has 2 amide bonds. The Morgan fingerprint density at radius 2 is 2.24 bits per heavy atom. The molecule has 2 aromatic rings. The first kappa shape index (κ1) is 16.4. The summed E-state index contributed by atoms with van der Waals surface area (Å²) in [5.41, 5.74) is 7.78. The van der Waals surface area contributed by atoms with Crippen molar-refractivity contribution in [3.63, 3.8) is 0 Å². The molecule has 4 rings (SSSR count). The molecule has 0 saturated heterocycles. The molecular formula is C17H20ClN5O2. The van der Waals surface area contributed by atoms with Crippen LogP contribution >= 0.6 is 11.6 Å². The van der Waals surface area contributed by atoms with Gasteiger partial charge in [0.2, 0.25) is 5.91 Å². The number of nitrogens with zero attached hydrogens (tertiary/aromatic N) is 2. The fraction of sp³-hybridized carbons (Fsp3) is 0.471. The Morgan fingerprint density at radius 3 is 2.96 bits per heavy atom. The van der Waals surface area contributed by atoms with Gasteiger partial charge in [0.15, 0.2) is 0 Å². The quantitative estimate of drug-likeness (QED) is 0.768. The summed E-state index contributed by atoms with van der Waals surface area (Å²) in [5, 5.41) is 4.26. The third-order valence-corrected chi connectivity index (χ3v) is 5.51. The van der Waals surface area contributed by atoms with Crippen LogP contribution in [-0.2, 0) is 11.3 Å². The molecule has 0 radical (unpaired) electrons. The molecule has 0 spiro atoms. The summed E-state index contributed by atoms with van der Waals surface area (Å²) < 4.78 is 0. The van der Waals surface area contributed by atoms with Gasteiger partial charge in [-0.15, -0.1) is 0 Å². The fourth-order valence-electron chi connectivity index (χ4n) is 3.85. The Kier molecular flexibility index (Phi) is 4.13. The zero-order valence-electron chi connectivity index (χ0n) is 13.7. The second kappa shape index (κ2) is 6.31. The van der Waals surface area contributed by atoms with Crippen LogP contribution in [0.5, 0.6) is 0 Å². The average Bonchev–Trinajstić information content (AvgIpc) is 3.25. The lowest BCUT2D eigenvalue weighted by molar-refractivity contribution is -0.126. The number of nitrogens with one attached hydrogen (secondary N) is 2. The van der Waals surface area contributed by atoms with E-state index in [4.69, 9.17) is 17.3 Å². The van der Waals surface area contributed by atoms with E-state index in [9.17, 15) is 9.59 Å². The van der Waals surface area contributed by atoms with Gasteiger partial charge in [0, 0.05) is 42.5 Å². The van der Waals surface area contributed by atoms with Crippen LogP contribution in [0.1, 0.15) is 41.6 Å². The van der Waals surface area contributed by atoms with E-state index < -0.39 is 6.04 Å². The van der Waals surface area contributed by atoms with Crippen molar-refractivity contribution >= 4 is 34.4 Å². The number of halogens is 1. The summed E-state index contributed by atoms with van der Waals surface area (Å²) in [6.45, 7) is 0.317. The number of pyridine rings is 1. The lowest BCUT2D eigenvalue weighted by Crippen LogP contribution is -2.55. The molecule has 25 heavy (non-hydrogen) atoms. The molecule has 2 aromatic heterocycles. The Hall–Kier alpha value is -2.12. The monoisotopic (exact) mass is 361 g/mol. The van der Waals surface area contributed by atoms with Crippen molar-refractivity contribution in [1.29, 1.82) is 0 Å². The van der Waals surface area contributed by atoms with Crippen LogP contribution in [0.15, 0.2) is 12.4 Å². The molecule has 1 saturated carbocycles. The molecule has 3 heterocycles. The van der Waals surface area contributed by atoms with E-state index in [-0.39, 0.29) is 30.9 Å². The second-order valence-corrected chi connectivity index (χ2v) is 7.09. The minimum Gasteiger partial charge on any atom is -0.352 e. The largest absolute Gasteiger partial charge is 0.352 e. The number of aromatic nitrogens is 2. The molecule has 4 N–H and O–H groups in total. The highest BCUT2D eigenvalue weighted by Gasteiger charge is 2.36. The number of carbonyl (C=O) groups is 2. The Labute approximate surface area is 149 Å². The Balaban J connectivity index is 1.64. The molecule has 132 valence electrons. The van der Waals surface area contributed by atoms with Gasteiger partial charge >= 0.3 is 0 Å². The van der Waals surface area contributed by atoms with Gasteiger partial charge in [-0.1, -0.05) is 24.4 Å². The standard InChI is InChI=1S/C17H20ClN5O2/c18-12-7-21-15-14-10(6-20-15)17(25)23(8-11(12)14)13(5-19)16(24)22-9-3-1-2-4-9/h6-7,9,13H,1-5,8,19H2,(H,20,21)(H,22,24)/t13-/m1/s1. The summed E-state index contributed by atoms with van der Waals surface area (Å²) in [7, 11) is 0. The summed E-state index contributed by atoms with van der Waals surface area (Å²) in [6.07, 6.45) is 7.39. The first-order chi connectivity index (χ1) is 12.1. The summed E-state index contributed by atoms with van der Waals surface area (Å²) in [5.74, 6) is -0.414. The highest BCUT2D eigenvalue weighted by atomic mass is 35.5. The third kappa shape index (κ3) is 2.67. The normalized spacial score (nSPS) is 18.8. The van der Waals surface area contributed by atoms with Crippen molar-refractivity contribution in [2.24, 2.45) is 5.73 Å². The van der Waals surface area contributed by atoms with E-state index in [1.54, 1.807) is 12.4 Å². The first-order valence-electron chi connectivity index (χ1n) is 8.56. The minimum atomic E-state index is -0.713. The minimum absolute atomic E-state index is 0.0654. The summed E-state index contributed by atoms with van der Waals surface area (Å²) in [6, 6.07) is -0.532. The van der Waals surface area contributed by atoms with Crippen molar-refractivity contribution in [1.82, 2.24) is 20.2 Å². The van der Waals surface area contributed by atoms with Crippen molar-refractivity contribution < 1.29 is 9.59 Å². The molecule has 1 aliphatic carbocycles. The van der Waals surface area contributed by atoms with Crippen LogP contribution in [-0.4, -0.2) is 45.3 Å². The molecule has 0 aromatic carbocycles. The van der Waals surface area contributed by atoms with Gasteiger partial charge in [0.1, 0.15) is 11.7 Å². The van der Waals surface area contributed by atoms with Crippen LogP contribution in [0.3, 0.4) is 0 Å². The number of hydrogen-bond donors (Lipinski definition) is 3. The van der Waals surface area contributed by atoms with Crippen LogP contribution in [0.4, 0.5) is 0 Å². The van der Waals surface area contributed by atoms with E-state index in [1.807, 2.05) is 0 Å². The molecular weight excluding hydrogens is 342 g/mol. The fourth-order valence-corrected chi connectivity index (χ4v) is 4.06. The predicted octanol–water partition coefficient (Wildman–Crippen LogP) is 1.56. The van der Waals surface area contributed by atoms with Gasteiger partial charge in [0.25, 0.3) is 5.91 Å². The van der Waals surface area contributed by atoms with Crippen LogP contribution in [0, 0.1) is 0 Å². The number of rotatable bonds is 4. The second-order valence-electron chi connectivity index (χ2n) is 6.69. The van der Waals surface area contributed by atoms with E-state index in [0.717, 1.165) is 36.6 Å². The lowest BCUT2D eigenvalue weighted by Gasteiger charge is -2.33. The van der Waals surface area contributed by atoms with Crippen molar-refractivity contribution in [3.05, 3.63) is 28.5 Å². The molecule has 1 atom stereocenters. The topological polar surface area (TPSA) is 104 Å². The van der Waals surface area contributed by atoms with E-state index in [0.29, 0.717) is 16.2 Å². The number of H-pyrrole nitrogens is 1. The summed E-state index contributed by atoms with van der Waals surface area (Å²) >= 11 is 6.30. The van der Waals surface area contributed by atoms with E-state index in [2.05, 4.69) is 15.3 Å². The predicted molar refractivity (Wildman–Crippen MR) is 94.2 cm³/mol. The summed E-state index contributed by atoms with van der Waals surface area (Å²) in [4.78, 5) is 34.4. The maximum absolute atomic E-state index is 12.9. The van der Waals surface area contributed by atoms with Gasteiger partial charge in [0.05, 0.1) is 10.6 Å². The van der Waals surface area contributed by atoms with Gasteiger partial charge in [-0.2, -0.15) is 0 Å². The highest BCUT2D eigenvalue weighted by Crippen LogP contribution is 2.34. The SMILES string of the molecule is NC[C@H](C(=O)NC1CCCC1)N1Cc2c(Cl)cnc3[nH]cc(c23)C1=O. The smallest absolute Gasteiger partial charge is 0.257 e. The number of carbonyl (C=O) groups excluding carboxylic acids is 2. The van der Waals surface area contributed by atoms with Crippen LogP contribution < -0.4 is 11.1 Å². The third-order valence-electron chi connectivity index (χ3n) is 5.18. The molecule has 0 bridgehead atoms. The van der Waals surface area contributed by atoms with Crippen LogP contribution in [0.2, 0.25) is 5.02 Å². The van der Waals surface area contributed by atoms with Gasteiger partial charge in [-0.3, -0.25) is 9.59 Å². The zero-order valence-corrected chi connectivity index (χ0v) is 14.5. The van der Waals surface area contributed by atoms with Gasteiger partial charge < -0.3 is 20.9 Å². The maximum atomic E-state index is 12.9. The number of nitrogens with two attached hydrogens (primary N) is 1. The molecule has 2 aliphatic rings. The zero-order chi connectivity index (χ0) is 17.6. The lowest BCUT2D eigenvalue weighted by atomic mass is 10.0. The number of aromatic amines is 1. The Morgan fingerprint density at radius 1 is 1.48 bits per heavy atom. The van der Waals surface area contributed by atoms with E-state index >= 15 is 0 Å². The molecule has 0 unspecified atom stereocenters. The molecule has 1 fully saturated rings. The average molecular weight is 362 g/mol. The first-order valence-corrected chi connectivity index (χ1v) is 8.93. The van der Waals surface area contributed by atoms with Crippen molar-refractivity contribution in [2.45, 2.75) is 44.3 Å². The van der Waals surface area contributed by atoms with Crippen molar-refractivity contribution in [3.8, 4) is 0 Å². The maximum Gasteiger partial charge on any atom is 0.257 e. The van der Waals surface area contributed by atoms with Gasteiger partial charge in [-0.25, -0.2) is 4.98 Å². The van der Waals surface area contributed by atoms with Crippen LogP contribution in [0.25, 0.3) is 11.0 Å². The van der Waals surface area contributed by atoms with Crippen molar-refractivity contribution in [2.75, 3.05) is 6.54 Å². The highest BCUT2D eigenvalue weighted by molar-refractivity contribution is 6.32. The molecule has 8 heteroatoms. The molecule has 7 nitrogen and oxygen atoms in total. The number of hydrogen-bond acceptors (Lipinski definition) is 4.